The molecule has 1 aliphatic heterocycles. The first-order valence-electron chi connectivity index (χ1n) is 4.92. The summed E-state index contributed by atoms with van der Waals surface area (Å²) in [6, 6.07) is 4.88. The van der Waals surface area contributed by atoms with Crippen LogP contribution in [-0.2, 0) is 6.32 Å². The van der Waals surface area contributed by atoms with E-state index in [1.165, 1.54) is 6.07 Å². The first kappa shape index (κ1) is 10.5. The fourth-order valence-corrected chi connectivity index (χ4v) is 1.57. The summed E-state index contributed by atoms with van der Waals surface area (Å²) in [7, 11) is 0. The fourth-order valence-electron chi connectivity index (χ4n) is 1.57. The molecule has 0 saturated carbocycles. The average Bonchev–Trinajstić information content (AvgIpc) is 1.97. The van der Waals surface area contributed by atoms with Gasteiger partial charge in [0.15, 0.2) is 0 Å². The molecule has 0 amide bonds. The lowest BCUT2D eigenvalue weighted by atomic mass is 9.84. The maximum atomic E-state index is 12.2. The minimum absolute atomic E-state index is 0.131. The van der Waals surface area contributed by atoms with Gasteiger partial charge in [0.05, 0.1) is 0 Å². The zero-order valence-corrected chi connectivity index (χ0v) is 8.09. The molecule has 1 N–H and O–H groups in total. The minimum Gasteiger partial charge on any atom is -0.449 e. The maximum absolute atomic E-state index is 12.2. The van der Waals surface area contributed by atoms with Crippen molar-refractivity contribution in [2.45, 2.75) is 12.2 Å². The molecule has 82 valence electrons. The molecule has 0 atom stereocenters. The molecule has 0 aromatic carbocycles. The van der Waals surface area contributed by atoms with Crippen molar-refractivity contribution in [1.82, 2.24) is 10.3 Å². The van der Waals surface area contributed by atoms with Crippen molar-refractivity contribution in [2.75, 3.05) is 13.1 Å². The molecule has 1 aromatic heterocycles. The summed E-state index contributed by atoms with van der Waals surface area (Å²) in [4.78, 5) is 4.04. The first-order valence-corrected chi connectivity index (χ1v) is 4.92. The predicted molar refractivity (Wildman–Crippen MR) is 52.6 cm³/mol. The van der Waals surface area contributed by atoms with Crippen LogP contribution in [0.2, 0.25) is 0 Å². The molecule has 0 aliphatic carbocycles. The van der Waals surface area contributed by atoms with Gasteiger partial charge in [0.25, 0.3) is 0 Å². The van der Waals surface area contributed by atoms with Crippen LogP contribution in [0.15, 0.2) is 18.2 Å². The summed E-state index contributed by atoms with van der Waals surface area (Å²) in [5, 5.41) is 3.07. The summed E-state index contributed by atoms with van der Waals surface area (Å²) in [5.74, 6) is 0.283. The lowest BCUT2D eigenvalue weighted by Crippen LogP contribution is -2.40. The van der Waals surface area contributed by atoms with E-state index < -0.39 is 13.3 Å². The molecule has 2 nitrogen and oxygen atoms in total. The van der Waals surface area contributed by atoms with Crippen LogP contribution in [0.1, 0.15) is 17.3 Å². The van der Waals surface area contributed by atoms with E-state index in [2.05, 4.69) is 10.3 Å². The molecule has 15 heavy (non-hydrogen) atoms. The average molecular weight is 215 g/mol. The number of rotatable bonds is 3. The number of hydrogen-bond acceptors (Lipinski definition) is 2. The number of aromatic nitrogens is 1. The van der Waals surface area contributed by atoms with Gasteiger partial charge in [-0.25, -0.2) is 0 Å². The van der Waals surface area contributed by atoms with E-state index >= 15 is 0 Å². The Balaban J connectivity index is 2.11. The molecule has 1 aliphatic rings. The van der Waals surface area contributed by atoms with Crippen LogP contribution in [0, 0.1) is 0 Å². The second kappa shape index (κ2) is 3.85. The molecule has 2 rings (SSSR count). The topological polar surface area (TPSA) is 24.9 Å². The Kier molecular flexibility index (Phi) is 2.69. The van der Waals surface area contributed by atoms with E-state index in [4.69, 9.17) is 0 Å². The zero-order valence-electron chi connectivity index (χ0n) is 8.09. The highest BCUT2D eigenvalue weighted by Crippen LogP contribution is 2.20. The van der Waals surface area contributed by atoms with Gasteiger partial charge in [-0.3, -0.25) is 4.98 Å². The van der Waals surface area contributed by atoms with Gasteiger partial charge in [-0.15, -0.1) is 0 Å². The third kappa shape index (κ3) is 2.71. The monoisotopic (exact) mass is 215 g/mol. The van der Waals surface area contributed by atoms with Gasteiger partial charge in [0.2, 0.25) is 0 Å². The molecule has 0 radical (unpaired) electrons. The zero-order chi connectivity index (χ0) is 10.9. The molecule has 1 aromatic rings. The Morgan fingerprint density at radius 3 is 2.60 bits per heavy atom. The molecule has 0 unspecified atom stereocenters. The van der Waals surface area contributed by atoms with Crippen LogP contribution in [0.3, 0.4) is 0 Å². The number of hydrogen-bond donors (Lipinski definition) is 1. The largest absolute Gasteiger partial charge is 0.484 e. The van der Waals surface area contributed by atoms with Crippen molar-refractivity contribution in [2.24, 2.45) is 0 Å². The van der Waals surface area contributed by atoms with Crippen molar-refractivity contribution >= 4 is 6.98 Å². The second-order valence-electron chi connectivity index (χ2n) is 3.82. The van der Waals surface area contributed by atoms with Crippen LogP contribution in [0.5, 0.6) is 0 Å². The maximum Gasteiger partial charge on any atom is 0.484 e. The van der Waals surface area contributed by atoms with Crippen LogP contribution >= 0.6 is 0 Å². The molecule has 6 heteroatoms. The number of halogens is 3. The van der Waals surface area contributed by atoms with Gasteiger partial charge in [-0.1, -0.05) is 6.07 Å². The van der Waals surface area contributed by atoms with Crippen molar-refractivity contribution in [3.63, 3.8) is 0 Å². The van der Waals surface area contributed by atoms with Crippen molar-refractivity contribution in [3.05, 3.63) is 29.6 Å². The van der Waals surface area contributed by atoms with Gasteiger partial charge in [0, 0.05) is 30.4 Å². The highest BCUT2D eigenvalue weighted by atomic mass is 19.4. The van der Waals surface area contributed by atoms with E-state index in [1.54, 1.807) is 12.1 Å². The highest BCUT2D eigenvalue weighted by molar-refractivity contribution is 6.57. The second-order valence-corrected chi connectivity index (χ2v) is 3.82. The van der Waals surface area contributed by atoms with Gasteiger partial charge in [-0.05, 0) is 18.5 Å². The third-order valence-corrected chi connectivity index (χ3v) is 2.47. The molecular formula is C9H11BF3N2-. The normalized spacial score (nSPS) is 17.5. The molecule has 0 spiro atoms. The SMILES string of the molecule is F[B-](F)(F)Cc1cccc(C2CNC2)n1. The predicted octanol–water partition coefficient (Wildman–Crippen LogP) is 1.70. The Bertz CT molecular complexity index is 349. The third-order valence-electron chi connectivity index (χ3n) is 2.47. The number of nitrogens with zero attached hydrogens (tertiary/aromatic N) is 1. The Labute approximate surface area is 86.0 Å². The molecule has 2 heterocycles. The Morgan fingerprint density at radius 2 is 2.07 bits per heavy atom. The first-order chi connectivity index (χ1) is 7.04. The quantitative estimate of drug-likeness (QED) is 0.776. The van der Waals surface area contributed by atoms with Crippen molar-refractivity contribution < 1.29 is 12.9 Å². The van der Waals surface area contributed by atoms with Crippen molar-refractivity contribution in [3.8, 4) is 0 Å². The van der Waals surface area contributed by atoms with Crippen LogP contribution in [0.4, 0.5) is 12.9 Å². The van der Waals surface area contributed by atoms with E-state index in [1.807, 2.05) is 0 Å². The molecular weight excluding hydrogens is 204 g/mol. The summed E-state index contributed by atoms with van der Waals surface area (Å²) in [6.45, 7) is -3.16. The number of pyridine rings is 1. The summed E-state index contributed by atoms with van der Waals surface area (Å²) in [5.41, 5.74) is 0.901. The molecule has 0 bridgehead atoms. The van der Waals surface area contributed by atoms with Gasteiger partial charge < -0.3 is 18.3 Å². The molecule has 1 fully saturated rings. The Hall–Kier alpha value is -1.04. The summed E-state index contributed by atoms with van der Waals surface area (Å²) < 4.78 is 36.5. The van der Waals surface area contributed by atoms with E-state index in [9.17, 15) is 12.9 Å². The van der Waals surface area contributed by atoms with Gasteiger partial charge in [-0.2, -0.15) is 0 Å². The van der Waals surface area contributed by atoms with Crippen molar-refractivity contribution in [1.29, 1.82) is 0 Å². The lowest BCUT2D eigenvalue weighted by Gasteiger charge is -2.27. The lowest BCUT2D eigenvalue weighted by molar-refractivity contribution is 0.437. The van der Waals surface area contributed by atoms with Crippen LogP contribution < -0.4 is 5.32 Å². The van der Waals surface area contributed by atoms with E-state index in [0.29, 0.717) is 0 Å². The summed E-state index contributed by atoms with van der Waals surface area (Å²) in [6.07, 6.45) is -0.881. The van der Waals surface area contributed by atoms with Gasteiger partial charge in [0.1, 0.15) is 0 Å². The standard InChI is InChI=1S/C9H11BF3N2/c11-10(12,13)4-8-2-1-3-9(15-8)7-5-14-6-7/h1-3,7,14H,4-6H2/q-1. The molecule has 1 saturated heterocycles. The van der Waals surface area contributed by atoms with Crippen LogP contribution in [-0.4, -0.2) is 25.1 Å². The fraction of sp³-hybridized carbons (Fsp3) is 0.444. The minimum atomic E-state index is -4.78. The summed E-state index contributed by atoms with van der Waals surface area (Å²) >= 11 is 0. The Morgan fingerprint density at radius 1 is 1.33 bits per heavy atom. The van der Waals surface area contributed by atoms with E-state index in [0.717, 1.165) is 18.8 Å². The smallest absolute Gasteiger partial charge is 0.449 e. The van der Waals surface area contributed by atoms with Gasteiger partial charge >= 0.3 is 6.98 Å². The highest BCUT2D eigenvalue weighted by Gasteiger charge is 2.25. The number of nitrogens with one attached hydrogen (secondary N) is 1. The van der Waals surface area contributed by atoms with Crippen LogP contribution in [0.25, 0.3) is 0 Å². The van der Waals surface area contributed by atoms with E-state index in [-0.39, 0.29) is 11.6 Å².